The number of hydrogen-bond donors (Lipinski definition) is 0. The van der Waals surface area contributed by atoms with Crippen LogP contribution in [-0.4, -0.2) is 30.1 Å². The minimum absolute atomic E-state index is 0. The van der Waals surface area contributed by atoms with E-state index in [1.807, 2.05) is 6.92 Å². The Hall–Kier alpha value is 0.527. The van der Waals surface area contributed by atoms with Gasteiger partial charge in [-0.25, -0.2) is 0 Å². The smallest absolute Gasteiger partial charge is 0.377 e. The normalized spacial score (nSPS) is 10.8. The highest BCUT2D eigenvalue weighted by atomic mass is 31.0. The molecule has 0 aromatic heterocycles. The van der Waals surface area contributed by atoms with E-state index in [1.54, 1.807) is 21.3 Å². The van der Waals surface area contributed by atoms with Crippen molar-refractivity contribution >= 4 is 18.7 Å². The predicted octanol–water partition coefficient (Wildman–Crippen LogP) is 0.942. The molecule has 3 nitrogen and oxygen atoms in total. The monoisotopic (exact) mass is 184 g/mol. The zero-order valence-corrected chi connectivity index (χ0v) is 9.55. The van der Waals surface area contributed by atoms with Crippen LogP contribution in [0, 0.1) is 0 Å². The topological polar surface area (TPSA) is 27.7 Å². The van der Waals surface area contributed by atoms with Crippen LogP contribution < -0.4 is 0 Å². The molecule has 0 radical (unpaired) electrons. The molecule has 0 N–H and O–H groups in total. The largest absolute Gasteiger partial charge is 0.499 e. The van der Waals surface area contributed by atoms with Crippen LogP contribution in [0.3, 0.4) is 0 Å². The molecule has 5 heteroatoms. The van der Waals surface area contributed by atoms with Crippen molar-refractivity contribution in [2.24, 2.45) is 0 Å². The molecule has 0 heterocycles. The lowest BCUT2D eigenvalue weighted by atomic mass is 11.0. The lowest BCUT2D eigenvalue weighted by Crippen LogP contribution is -2.41. The molecule has 0 aliphatic rings. The summed E-state index contributed by atoms with van der Waals surface area (Å²) in [7, 11) is 2.65. The molecule has 0 aromatic rings. The average Bonchev–Trinajstić information content (AvgIpc) is 1.95. The lowest BCUT2D eigenvalue weighted by Gasteiger charge is -2.22. The van der Waals surface area contributed by atoms with Gasteiger partial charge in [0.15, 0.2) is 0 Å². The van der Waals surface area contributed by atoms with Gasteiger partial charge < -0.3 is 13.3 Å². The van der Waals surface area contributed by atoms with E-state index in [1.165, 1.54) is 0 Å². The van der Waals surface area contributed by atoms with Crippen molar-refractivity contribution in [3.05, 3.63) is 0 Å². The molecule has 0 saturated heterocycles. The highest BCUT2D eigenvalue weighted by molar-refractivity contribution is 6.92. The van der Waals surface area contributed by atoms with Crippen molar-refractivity contribution in [2.45, 2.75) is 13.0 Å². The van der Waals surface area contributed by atoms with Gasteiger partial charge in [0.1, 0.15) is 0 Å². The first-order valence-electron chi connectivity index (χ1n) is 2.90. The van der Waals surface area contributed by atoms with Crippen LogP contribution in [0.1, 0.15) is 6.92 Å². The maximum atomic E-state index is 5.08. The second kappa shape index (κ2) is 6.25. The fourth-order valence-electron chi connectivity index (χ4n) is 0.683. The van der Waals surface area contributed by atoms with E-state index in [4.69, 9.17) is 13.3 Å². The molecule has 0 saturated carbocycles. The molecule has 0 fully saturated rings. The second-order valence-corrected chi connectivity index (χ2v) is 4.95. The molecule has 1 atom stereocenters. The summed E-state index contributed by atoms with van der Waals surface area (Å²) in [5, 5.41) is 0. The van der Waals surface area contributed by atoms with Gasteiger partial charge in [-0.3, -0.25) is 0 Å². The second-order valence-electron chi connectivity index (χ2n) is 1.65. The molecule has 0 amide bonds. The van der Waals surface area contributed by atoms with Gasteiger partial charge in [-0.05, 0) is 0 Å². The lowest BCUT2D eigenvalue weighted by molar-refractivity contribution is 0.125. The number of rotatable bonds is 4. The Morgan fingerprint density at radius 1 is 1.00 bits per heavy atom. The van der Waals surface area contributed by atoms with E-state index in [0.29, 0.717) is 0 Å². The molecule has 1 unspecified atom stereocenters. The highest BCUT2D eigenvalue weighted by Gasteiger charge is 2.34. The first kappa shape index (κ1) is 13.1. The average molecular weight is 184 g/mol. The molecular formula is C5H17O3PSi. The number of hydrogen-bond acceptors (Lipinski definition) is 3. The Labute approximate surface area is 67.0 Å². The minimum Gasteiger partial charge on any atom is -0.377 e. The summed E-state index contributed by atoms with van der Waals surface area (Å²) < 4.78 is 15.2. The third kappa shape index (κ3) is 3.08. The molecule has 0 aliphatic heterocycles. The van der Waals surface area contributed by atoms with E-state index in [9.17, 15) is 0 Å². The maximum Gasteiger partial charge on any atom is 0.499 e. The van der Waals surface area contributed by atoms with Crippen LogP contribution in [0.25, 0.3) is 0 Å². The van der Waals surface area contributed by atoms with Crippen molar-refractivity contribution in [2.75, 3.05) is 21.3 Å². The Morgan fingerprint density at radius 3 is 1.30 bits per heavy atom. The van der Waals surface area contributed by atoms with Gasteiger partial charge in [0, 0.05) is 27.4 Å². The molecule has 0 aliphatic carbocycles. The zero-order chi connectivity index (χ0) is 7.33. The summed E-state index contributed by atoms with van der Waals surface area (Å²) in [4.78, 5) is 0. The molecule has 0 rings (SSSR count). The summed E-state index contributed by atoms with van der Waals surface area (Å²) in [6.07, 6.45) is 0. The van der Waals surface area contributed by atoms with Gasteiger partial charge in [-0.1, -0.05) is 6.92 Å². The summed E-state index contributed by atoms with van der Waals surface area (Å²) in [5.41, 5.74) is 0. The Morgan fingerprint density at radius 2 is 1.30 bits per heavy atom. The van der Waals surface area contributed by atoms with Crippen molar-refractivity contribution in [1.29, 1.82) is 0 Å². The van der Waals surface area contributed by atoms with Crippen LogP contribution in [0.2, 0.25) is 6.04 Å². The quantitative estimate of drug-likeness (QED) is 0.481. The first-order chi connectivity index (χ1) is 4.24. The van der Waals surface area contributed by atoms with E-state index < -0.39 is 8.80 Å². The molecule has 0 aromatic carbocycles. The van der Waals surface area contributed by atoms with E-state index >= 15 is 0 Å². The fourth-order valence-corrected chi connectivity index (χ4v) is 2.05. The van der Waals surface area contributed by atoms with E-state index in [2.05, 4.69) is 0 Å². The van der Waals surface area contributed by atoms with E-state index in [0.717, 1.165) is 6.04 Å². The van der Waals surface area contributed by atoms with Crippen molar-refractivity contribution in [3.8, 4) is 0 Å². The van der Waals surface area contributed by atoms with Crippen molar-refractivity contribution < 1.29 is 13.3 Å². The molecule has 10 heavy (non-hydrogen) atoms. The van der Waals surface area contributed by atoms with E-state index in [-0.39, 0.29) is 9.90 Å². The summed E-state index contributed by atoms with van der Waals surface area (Å²) in [6.45, 7) is 1.99. The standard InChI is InChI=1S/C5H14O3Si.H3P/c1-5-9(6-2,7-3)8-4;/h5H2,1-4H3;1H3. The van der Waals surface area contributed by atoms with Crippen LogP contribution >= 0.6 is 9.90 Å². The van der Waals surface area contributed by atoms with Gasteiger partial charge in [-0.15, -0.1) is 0 Å². The summed E-state index contributed by atoms with van der Waals surface area (Å²) in [5.74, 6) is 0. The summed E-state index contributed by atoms with van der Waals surface area (Å²) in [6, 6.07) is 0.816. The fraction of sp³-hybridized carbons (Fsp3) is 1.00. The highest BCUT2D eigenvalue weighted by Crippen LogP contribution is 2.10. The molecule has 64 valence electrons. The van der Waals surface area contributed by atoms with Gasteiger partial charge >= 0.3 is 8.80 Å². The predicted molar refractivity (Wildman–Crippen MR) is 48.4 cm³/mol. The zero-order valence-electron chi connectivity index (χ0n) is 7.14. The minimum atomic E-state index is -2.19. The van der Waals surface area contributed by atoms with Crippen LogP contribution in [-0.2, 0) is 13.3 Å². The Bertz CT molecular complexity index is 59.8. The van der Waals surface area contributed by atoms with Crippen LogP contribution in [0.5, 0.6) is 0 Å². The van der Waals surface area contributed by atoms with Crippen molar-refractivity contribution in [3.63, 3.8) is 0 Å². The van der Waals surface area contributed by atoms with Gasteiger partial charge in [0.25, 0.3) is 0 Å². The van der Waals surface area contributed by atoms with Crippen LogP contribution in [0.15, 0.2) is 0 Å². The third-order valence-corrected chi connectivity index (χ3v) is 4.10. The summed E-state index contributed by atoms with van der Waals surface area (Å²) >= 11 is 0. The Balaban J connectivity index is 0. The SMILES string of the molecule is CC[Si](OC)(OC)OC.P. The van der Waals surface area contributed by atoms with Gasteiger partial charge in [0.05, 0.1) is 0 Å². The Kier molecular flexibility index (Phi) is 8.21. The molecule has 0 spiro atoms. The first-order valence-corrected chi connectivity index (χ1v) is 4.83. The van der Waals surface area contributed by atoms with Gasteiger partial charge in [-0.2, -0.15) is 9.90 Å². The van der Waals surface area contributed by atoms with Crippen LogP contribution in [0.4, 0.5) is 0 Å². The van der Waals surface area contributed by atoms with Crippen molar-refractivity contribution in [1.82, 2.24) is 0 Å². The third-order valence-electron chi connectivity index (χ3n) is 1.37. The van der Waals surface area contributed by atoms with Gasteiger partial charge in [0.2, 0.25) is 0 Å². The molecule has 0 bridgehead atoms. The molecular weight excluding hydrogens is 167 g/mol. The maximum absolute atomic E-state index is 5.08.